The number of amides is 1. The van der Waals surface area contributed by atoms with Gasteiger partial charge >= 0.3 is 0 Å². The van der Waals surface area contributed by atoms with E-state index in [0.29, 0.717) is 5.92 Å². The van der Waals surface area contributed by atoms with Crippen molar-refractivity contribution in [3.8, 4) is 0 Å². The van der Waals surface area contributed by atoms with Crippen LogP contribution >= 0.6 is 11.3 Å². The van der Waals surface area contributed by atoms with E-state index < -0.39 is 0 Å². The maximum absolute atomic E-state index is 13.1. The quantitative estimate of drug-likeness (QED) is 0.581. The molecule has 2 aromatic heterocycles. The Kier molecular flexibility index (Phi) is 4.13. The molecular formula is C21H20N4OS. The van der Waals surface area contributed by atoms with Gasteiger partial charge in [0.15, 0.2) is 0 Å². The van der Waals surface area contributed by atoms with E-state index in [0.717, 1.165) is 65.0 Å². The first-order valence-corrected chi connectivity index (χ1v) is 10.2. The van der Waals surface area contributed by atoms with E-state index in [2.05, 4.69) is 16.0 Å². The van der Waals surface area contributed by atoms with Crippen LogP contribution in [0.15, 0.2) is 48.0 Å². The van der Waals surface area contributed by atoms with Crippen molar-refractivity contribution in [2.75, 3.05) is 13.1 Å². The van der Waals surface area contributed by atoms with Crippen LogP contribution in [0, 0.1) is 5.92 Å². The van der Waals surface area contributed by atoms with Gasteiger partial charge in [0.2, 0.25) is 0 Å². The number of aromatic amines is 1. The standard InChI is InChI=1S/C21H20N4OS/c26-21(15-6-3-9-18-20(15)27-13-22-18)25-10-4-5-14(12-25)11-19-23-16-7-1-2-8-17(16)24-19/h1-3,6-9,13-14H,4-5,10-12H2,(H,23,24). The monoisotopic (exact) mass is 376 g/mol. The molecule has 2 aromatic carbocycles. The molecule has 0 aliphatic carbocycles. The second-order valence-electron chi connectivity index (χ2n) is 7.17. The Morgan fingerprint density at radius 1 is 1.19 bits per heavy atom. The number of para-hydroxylation sites is 2. The van der Waals surface area contributed by atoms with Gasteiger partial charge in [-0.1, -0.05) is 18.2 Å². The molecule has 1 fully saturated rings. The number of aromatic nitrogens is 3. The lowest BCUT2D eigenvalue weighted by Gasteiger charge is -2.32. The number of likely N-dealkylation sites (tertiary alicyclic amines) is 1. The zero-order valence-corrected chi connectivity index (χ0v) is 15.7. The minimum absolute atomic E-state index is 0.124. The molecule has 4 aromatic rings. The van der Waals surface area contributed by atoms with Gasteiger partial charge in [0.05, 0.1) is 32.3 Å². The normalized spacial score (nSPS) is 17.6. The molecule has 3 heterocycles. The smallest absolute Gasteiger partial charge is 0.255 e. The van der Waals surface area contributed by atoms with Gasteiger partial charge in [-0.3, -0.25) is 4.79 Å². The minimum atomic E-state index is 0.124. The summed E-state index contributed by atoms with van der Waals surface area (Å²) < 4.78 is 0.988. The van der Waals surface area contributed by atoms with Crippen LogP contribution in [0.2, 0.25) is 0 Å². The summed E-state index contributed by atoms with van der Waals surface area (Å²) >= 11 is 1.54. The first-order valence-electron chi connectivity index (χ1n) is 9.33. The van der Waals surface area contributed by atoms with Crippen molar-refractivity contribution < 1.29 is 4.79 Å². The predicted octanol–water partition coefficient (Wildman–Crippen LogP) is 4.27. The largest absolute Gasteiger partial charge is 0.342 e. The summed E-state index contributed by atoms with van der Waals surface area (Å²) in [5.74, 6) is 1.57. The number of fused-ring (bicyclic) bond motifs is 2. The molecule has 0 saturated carbocycles. The summed E-state index contributed by atoms with van der Waals surface area (Å²) in [6, 6.07) is 13.9. The van der Waals surface area contributed by atoms with E-state index in [-0.39, 0.29) is 5.91 Å². The van der Waals surface area contributed by atoms with E-state index in [9.17, 15) is 4.79 Å². The molecule has 1 aliphatic rings. The number of piperidine rings is 1. The van der Waals surface area contributed by atoms with Crippen LogP contribution < -0.4 is 0 Å². The Morgan fingerprint density at radius 2 is 2.07 bits per heavy atom. The van der Waals surface area contributed by atoms with E-state index >= 15 is 0 Å². The van der Waals surface area contributed by atoms with E-state index in [1.165, 1.54) is 11.3 Å². The van der Waals surface area contributed by atoms with Gasteiger partial charge in [0, 0.05) is 19.5 Å². The summed E-state index contributed by atoms with van der Waals surface area (Å²) in [6.07, 6.45) is 3.05. The van der Waals surface area contributed by atoms with Crippen molar-refractivity contribution in [1.82, 2.24) is 19.9 Å². The predicted molar refractivity (Wildman–Crippen MR) is 108 cm³/mol. The maximum Gasteiger partial charge on any atom is 0.255 e. The minimum Gasteiger partial charge on any atom is -0.342 e. The van der Waals surface area contributed by atoms with Crippen LogP contribution in [0.3, 0.4) is 0 Å². The topological polar surface area (TPSA) is 61.9 Å². The molecule has 0 bridgehead atoms. The van der Waals surface area contributed by atoms with Crippen LogP contribution in [-0.2, 0) is 6.42 Å². The van der Waals surface area contributed by atoms with Crippen LogP contribution in [0.5, 0.6) is 0 Å². The number of nitrogens with zero attached hydrogens (tertiary/aromatic N) is 3. The van der Waals surface area contributed by atoms with Crippen molar-refractivity contribution in [1.29, 1.82) is 0 Å². The SMILES string of the molecule is O=C(c1cccc2ncsc12)N1CCCC(Cc2nc3ccccc3[nH]2)C1. The number of hydrogen-bond donors (Lipinski definition) is 1. The molecule has 1 N–H and O–H groups in total. The summed E-state index contributed by atoms with van der Waals surface area (Å²) in [5.41, 5.74) is 5.57. The van der Waals surface area contributed by atoms with Crippen molar-refractivity contribution in [3.63, 3.8) is 0 Å². The van der Waals surface area contributed by atoms with E-state index in [1.54, 1.807) is 0 Å². The Labute approximate surface area is 161 Å². The lowest BCUT2D eigenvalue weighted by molar-refractivity contribution is 0.0674. The Bertz CT molecular complexity index is 1080. The Morgan fingerprint density at radius 3 is 3.00 bits per heavy atom. The number of thiazole rings is 1. The third kappa shape index (κ3) is 3.10. The van der Waals surface area contributed by atoms with Crippen LogP contribution in [0.25, 0.3) is 21.3 Å². The molecule has 1 atom stereocenters. The average Bonchev–Trinajstić information content (AvgIpc) is 3.33. The third-order valence-electron chi connectivity index (χ3n) is 5.31. The summed E-state index contributed by atoms with van der Waals surface area (Å²) in [6.45, 7) is 1.61. The van der Waals surface area contributed by atoms with Gasteiger partial charge in [-0.15, -0.1) is 11.3 Å². The van der Waals surface area contributed by atoms with Gasteiger partial charge in [0.25, 0.3) is 5.91 Å². The molecule has 6 heteroatoms. The van der Waals surface area contributed by atoms with Crippen LogP contribution in [0.1, 0.15) is 29.0 Å². The van der Waals surface area contributed by atoms with Crippen LogP contribution in [0.4, 0.5) is 0 Å². The van der Waals surface area contributed by atoms with Crippen molar-refractivity contribution in [3.05, 3.63) is 59.4 Å². The number of carbonyl (C=O) groups excluding carboxylic acids is 1. The molecule has 27 heavy (non-hydrogen) atoms. The second kappa shape index (κ2) is 6.78. The Balaban J connectivity index is 1.34. The van der Waals surface area contributed by atoms with Gasteiger partial charge in [-0.2, -0.15) is 0 Å². The number of nitrogens with one attached hydrogen (secondary N) is 1. The zero-order valence-electron chi connectivity index (χ0n) is 14.9. The highest BCUT2D eigenvalue weighted by molar-refractivity contribution is 7.17. The fourth-order valence-electron chi connectivity index (χ4n) is 4.02. The molecule has 1 amide bonds. The fourth-order valence-corrected chi connectivity index (χ4v) is 4.81. The highest BCUT2D eigenvalue weighted by atomic mass is 32.1. The van der Waals surface area contributed by atoms with Gasteiger partial charge in [-0.25, -0.2) is 9.97 Å². The number of rotatable bonds is 3. The molecular weight excluding hydrogens is 356 g/mol. The molecule has 1 unspecified atom stereocenters. The second-order valence-corrected chi connectivity index (χ2v) is 8.03. The molecule has 1 aliphatic heterocycles. The van der Waals surface area contributed by atoms with Crippen molar-refractivity contribution in [2.45, 2.75) is 19.3 Å². The first-order chi connectivity index (χ1) is 13.3. The zero-order chi connectivity index (χ0) is 18.2. The molecule has 136 valence electrons. The summed E-state index contributed by atoms with van der Waals surface area (Å²) in [5, 5.41) is 0. The molecule has 5 nitrogen and oxygen atoms in total. The molecule has 5 rings (SSSR count). The molecule has 0 radical (unpaired) electrons. The number of H-pyrrole nitrogens is 1. The van der Waals surface area contributed by atoms with Gasteiger partial charge in [-0.05, 0) is 43.0 Å². The lowest BCUT2D eigenvalue weighted by atomic mass is 9.94. The summed E-state index contributed by atoms with van der Waals surface area (Å²) in [7, 11) is 0. The summed E-state index contributed by atoms with van der Waals surface area (Å²) in [4.78, 5) is 27.6. The highest BCUT2D eigenvalue weighted by Gasteiger charge is 2.26. The fraction of sp³-hybridized carbons (Fsp3) is 0.286. The Hall–Kier alpha value is -2.73. The van der Waals surface area contributed by atoms with E-state index in [4.69, 9.17) is 4.98 Å². The van der Waals surface area contributed by atoms with Gasteiger partial charge in [0.1, 0.15) is 5.82 Å². The first kappa shape index (κ1) is 16.4. The number of imidazole rings is 1. The third-order valence-corrected chi connectivity index (χ3v) is 6.19. The van der Waals surface area contributed by atoms with Crippen molar-refractivity contribution >= 4 is 38.5 Å². The van der Waals surface area contributed by atoms with Crippen LogP contribution in [-0.4, -0.2) is 38.8 Å². The van der Waals surface area contributed by atoms with Gasteiger partial charge < -0.3 is 9.88 Å². The van der Waals surface area contributed by atoms with Crippen molar-refractivity contribution in [2.24, 2.45) is 5.92 Å². The number of benzene rings is 2. The lowest BCUT2D eigenvalue weighted by Crippen LogP contribution is -2.40. The number of hydrogen-bond acceptors (Lipinski definition) is 4. The average molecular weight is 376 g/mol. The molecule has 1 saturated heterocycles. The molecule has 0 spiro atoms. The highest BCUT2D eigenvalue weighted by Crippen LogP contribution is 2.27. The number of carbonyl (C=O) groups is 1. The maximum atomic E-state index is 13.1. The van der Waals surface area contributed by atoms with E-state index in [1.807, 2.05) is 46.8 Å².